The van der Waals surface area contributed by atoms with E-state index < -0.39 is 0 Å². The first kappa shape index (κ1) is 11.9. The molecule has 1 amide bonds. The molecule has 0 aromatic heterocycles. The Bertz CT molecular complexity index is 249. The molecule has 2 fully saturated rings. The van der Waals surface area contributed by atoms with Crippen molar-refractivity contribution in [2.45, 2.75) is 25.3 Å². The molecule has 2 atom stereocenters. The minimum absolute atomic E-state index is 0.231. The fourth-order valence-electron chi connectivity index (χ4n) is 2.68. The van der Waals surface area contributed by atoms with Gasteiger partial charge in [0.2, 0.25) is 5.91 Å². The summed E-state index contributed by atoms with van der Waals surface area (Å²) in [4.78, 5) is 16.5. The maximum absolute atomic E-state index is 12.2. The van der Waals surface area contributed by atoms with Crippen molar-refractivity contribution in [2.75, 3.05) is 40.3 Å². The standard InChI is InChI=1S/C12H23N3O/c1-14(2)11-5-7-15(9-11)12(16)10-4-3-6-13-8-10/h10-11,13H,3-9H2,1-2H3/t10-,11?/m0/s1. The smallest absolute Gasteiger partial charge is 0.227 e. The molecular formula is C12H23N3O. The summed E-state index contributed by atoms with van der Waals surface area (Å²) < 4.78 is 0. The van der Waals surface area contributed by atoms with Crippen molar-refractivity contribution in [1.82, 2.24) is 15.1 Å². The predicted molar refractivity (Wildman–Crippen MR) is 64.3 cm³/mol. The van der Waals surface area contributed by atoms with Gasteiger partial charge in [-0.2, -0.15) is 0 Å². The summed E-state index contributed by atoms with van der Waals surface area (Å²) >= 11 is 0. The summed E-state index contributed by atoms with van der Waals surface area (Å²) in [6, 6.07) is 0.556. The number of nitrogens with zero attached hydrogens (tertiary/aromatic N) is 2. The van der Waals surface area contributed by atoms with Gasteiger partial charge in [-0.3, -0.25) is 4.79 Å². The lowest BCUT2D eigenvalue weighted by Gasteiger charge is -2.27. The summed E-state index contributed by atoms with van der Waals surface area (Å²) in [5.74, 6) is 0.603. The monoisotopic (exact) mass is 225 g/mol. The zero-order valence-electron chi connectivity index (χ0n) is 10.4. The van der Waals surface area contributed by atoms with E-state index in [1.807, 2.05) is 0 Å². The third-order valence-electron chi connectivity index (χ3n) is 3.85. The van der Waals surface area contributed by atoms with Crippen LogP contribution in [0.25, 0.3) is 0 Å². The maximum atomic E-state index is 12.2. The Hall–Kier alpha value is -0.610. The van der Waals surface area contributed by atoms with Crippen LogP contribution in [-0.2, 0) is 4.79 Å². The van der Waals surface area contributed by atoms with Gasteiger partial charge in [-0.15, -0.1) is 0 Å². The number of likely N-dealkylation sites (tertiary alicyclic amines) is 1. The Morgan fingerprint density at radius 2 is 2.19 bits per heavy atom. The molecular weight excluding hydrogens is 202 g/mol. The minimum Gasteiger partial charge on any atom is -0.341 e. The van der Waals surface area contributed by atoms with Gasteiger partial charge in [-0.05, 0) is 39.9 Å². The van der Waals surface area contributed by atoms with Crippen LogP contribution in [0.4, 0.5) is 0 Å². The summed E-state index contributed by atoms with van der Waals surface area (Å²) in [5.41, 5.74) is 0. The molecule has 2 aliphatic heterocycles. The normalized spacial score (nSPS) is 31.1. The number of amides is 1. The van der Waals surface area contributed by atoms with E-state index in [1.54, 1.807) is 0 Å². The van der Waals surface area contributed by atoms with Gasteiger partial charge in [0.05, 0.1) is 5.92 Å². The highest BCUT2D eigenvalue weighted by molar-refractivity contribution is 5.79. The molecule has 2 aliphatic rings. The summed E-state index contributed by atoms with van der Waals surface area (Å²) in [6.45, 7) is 3.81. The Morgan fingerprint density at radius 3 is 2.75 bits per heavy atom. The average molecular weight is 225 g/mol. The highest BCUT2D eigenvalue weighted by Crippen LogP contribution is 2.19. The summed E-state index contributed by atoms with van der Waals surface area (Å²) in [6.07, 6.45) is 3.33. The fourth-order valence-corrected chi connectivity index (χ4v) is 2.68. The van der Waals surface area contributed by atoms with Gasteiger partial charge in [0.15, 0.2) is 0 Å². The highest BCUT2D eigenvalue weighted by Gasteiger charge is 2.31. The fraction of sp³-hybridized carbons (Fsp3) is 0.917. The van der Waals surface area contributed by atoms with Crippen LogP contribution < -0.4 is 5.32 Å². The van der Waals surface area contributed by atoms with Gasteiger partial charge in [0, 0.05) is 25.7 Å². The minimum atomic E-state index is 0.231. The highest BCUT2D eigenvalue weighted by atomic mass is 16.2. The second-order valence-electron chi connectivity index (χ2n) is 5.23. The van der Waals surface area contributed by atoms with Gasteiger partial charge in [-0.25, -0.2) is 0 Å². The molecule has 0 aliphatic carbocycles. The maximum Gasteiger partial charge on any atom is 0.227 e. The number of carbonyl (C=O) groups excluding carboxylic acids is 1. The Kier molecular flexibility index (Phi) is 3.82. The molecule has 92 valence electrons. The molecule has 0 saturated carbocycles. The van der Waals surface area contributed by atoms with Crippen LogP contribution in [0.15, 0.2) is 0 Å². The van der Waals surface area contributed by atoms with Crippen LogP contribution >= 0.6 is 0 Å². The van der Waals surface area contributed by atoms with E-state index in [0.29, 0.717) is 11.9 Å². The van der Waals surface area contributed by atoms with Crippen LogP contribution in [0, 0.1) is 5.92 Å². The van der Waals surface area contributed by atoms with Gasteiger partial charge in [0.1, 0.15) is 0 Å². The van der Waals surface area contributed by atoms with Crippen LogP contribution in [0.5, 0.6) is 0 Å². The molecule has 0 aromatic rings. The number of hydrogen-bond donors (Lipinski definition) is 1. The molecule has 0 aromatic carbocycles. The zero-order valence-corrected chi connectivity index (χ0v) is 10.4. The van der Waals surface area contributed by atoms with E-state index in [2.05, 4.69) is 29.2 Å². The van der Waals surface area contributed by atoms with Crippen molar-refractivity contribution in [1.29, 1.82) is 0 Å². The van der Waals surface area contributed by atoms with Crippen molar-refractivity contribution in [2.24, 2.45) is 5.92 Å². The quantitative estimate of drug-likeness (QED) is 0.726. The molecule has 2 rings (SSSR count). The van der Waals surface area contributed by atoms with E-state index in [1.165, 1.54) is 0 Å². The molecule has 0 spiro atoms. The number of rotatable bonds is 2. The number of nitrogens with one attached hydrogen (secondary N) is 1. The van der Waals surface area contributed by atoms with Gasteiger partial charge < -0.3 is 15.1 Å². The van der Waals surface area contributed by atoms with Gasteiger partial charge >= 0.3 is 0 Å². The van der Waals surface area contributed by atoms with E-state index in [4.69, 9.17) is 0 Å². The first-order chi connectivity index (χ1) is 7.68. The van der Waals surface area contributed by atoms with Crippen molar-refractivity contribution < 1.29 is 4.79 Å². The zero-order chi connectivity index (χ0) is 11.5. The topological polar surface area (TPSA) is 35.6 Å². The van der Waals surface area contributed by atoms with Gasteiger partial charge in [-0.1, -0.05) is 0 Å². The van der Waals surface area contributed by atoms with Crippen molar-refractivity contribution in [3.05, 3.63) is 0 Å². The molecule has 0 radical (unpaired) electrons. The van der Waals surface area contributed by atoms with Crippen LogP contribution in [-0.4, -0.2) is 62.0 Å². The van der Waals surface area contributed by atoms with Gasteiger partial charge in [0.25, 0.3) is 0 Å². The van der Waals surface area contributed by atoms with Crippen molar-refractivity contribution in [3.8, 4) is 0 Å². The third kappa shape index (κ3) is 2.55. The summed E-state index contributed by atoms with van der Waals surface area (Å²) in [7, 11) is 4.20. The van der Waals surface area contributed by atoms with Crippen molar-refractivity contribution in [3.63, 3.8) is 0 Å². The molecule has 16 heavy (non-hydrogen) atoms. The first-order valence-electron chi connectivity index (χ1n) is 6.34. The molecule has 4 nitrogen and oxygen atoms in total. The van der Waals surface area contributed by atoms with Crippen LogP contribution in [0.2, 0.25) is 0 Å². The van der Waals surface area contributed by atoms with E-state index >= 15 is 0 Å². The third-order valence-corrected chi connectivity index (χ3v) is 3.85. The van der Waals surface area contributed by atoms with E-state index in [0.717, 1.165) is 45.4 Å². The largest absolute Gasteiger partial charge is 0.341 e. The Labute approximate surface area is 98.0 Å². The molecule has 1 N–H and O–H groups in total. The number of hydrogen-bond acceptors (Lipinski definition) is 3. The molecule has 0 bridgehead atoms. The Morgan fingerprint density at radius 1 is 1.38 bits per heavy atom. The Balaban J connectivity index is 1.86. The molecule has 1 unspecified atom stereocenters. The van der Waals surface area contributed by atoms with Crippen molar-refractivity contribution >= 4 is 5.91 Å². The summed E-state index contributed by atoms with van der Waals surface area (Å²) in [5, 5.41) is 3.32. The molecule has 4 heteroatoms. The molecule has 2 saturated heterocycles. The van der Waals surface area contributed by atoms with Crippen LogP contribution in [0.1, 0.15) is 19.3 Å². The number of likely N-dealkylation sites (N-methyl/N-ethyl adjacent to an activating group) is 1. The SMILES string of the molecule is CN(C)C1CCN(C(=O)[C@H]2CCCNC2)C1. The van der Waals surface area contributed by atoms with E-state index in [9.17, 15) is 4.79 Å². The number of piperidine rings is 1. The first-order valence-corrected chi connectivity index (χ1v) is 6.34. The second-order valence-corrected chi connectivity index (χ2v) is 5.23. The predicted octanol–water partition coefficient (Wildman–Crippen LogP) is 0.149. The molecule has 2 heterocycles. The lowest BCUT2D eigenvalue weighted by molar-refractivity contribution is -0.135. The van der Waals surface area contributed by atoms with E-state index in [-0.39, 0.29) is 5.92 Å². The average Bonchev–Trinajstić information content (AvgIpc) is 2.78. The lowest BCUT2D eigenvalue weighted by Crippen LogP contribution is -2.43. The van der Waals surface area contributed by atoms with Crippen LogP contribution in [0.3, 0.4) is 0 Å². The second kappa shape index (κ2) is 5.15. The number of carbonyl (C=O) groups is 1. The lowest BCUT2D eigenvalue weighted by atomic mass is 9.98.